The molecule has 0 aliphatic carbocycles. The van der Waals surface area contributed by atoms with Crippen molar-refractivity contribution in [3.63, 3.8) is 0 Å². The predicted octanol–water partition coefficient (Wildman–Crippen LogP) is 2.72. The molecular weight excluding hydrogens is 380 g/mol. The number of carbonyl (C=O) groups excluding carboxylic acids is 2. The lowest BCUT2D eigenvalue weighted by Crippen LogP contribution is -2.49. The van der Waals surface area contributed by atoms with E-state index < -0.39 is 0 Å². The summed E-state index contributed by atoms with van der Waals surface area (Å²) in [7, 11) is 0. The van der Waals surface area contributed by atoms with E-state index in [1.807, 2.05) is 36.9 Å². The Hall–Kier alpha value is -2.74. The van der Waals surface area contributed by atoms with Crippen molar-refractivity contribution < 1.29 is 9.59 Å². The number of pyridine rings is 1. The minimum Gasteiger partial charge on any atom is -0.339 e. The Morgan fingerprint density at radius 3 is 2.33 bits per heavy atom. The van der Waals surface area contributed by atoms with E-state index in [9.17, 15) is 9.59 Å². The third-order valence-corrected chi connectivity index (χ3v) is 5.42. The molecule has 2 aliphatic rings. The molecule has 2 fully saturated rings. The Labute approximate surface area is 178 Å². The molecule has 4 rings (SSSR count). The maximum Gasteiger partial charge on any atom is 0.344 e. The number of hydrogen-bond acceptors (Lipinski definition) is 5. The van der Waals surface area contributed by atoms with Crippen molar-refractivity contribution in [1.29, 1.82) is 0 Å². The third-order valence-electron chi connectivity index (χ3n) is 5.42. The first kappa shape index (κ1) is 22.0. The smallest absolute Gasteiger partial charge is 0.339 e. The molecule has 2 amide bonds. The maximum absolute atomic E-state index is 12.7. The summed E-state index contributed by atoms with van der Waals surface area (Å²) in [5.41, 5.74) is 1.53. The summed E-state index contributed by atoms with van der Waals surface area (Å²) in [6, 6.07) is 5.74. The van der Waals surface area contributed by atoms with Crippen molar-refractivity contribution >= 4 is 11.9 Å². The topological polar surface area (TPSA) is 74.6 Å². The Balaban J connectivity index is 0.00000124. The van der Waals surface area contributed by atoms with Crippen LogP contribution >= 0.6 is 0 Å². The summed E-state index contributed by atoms with van der Waals surface area (Å²) in [4.78, 5) is 35.6. The van der Waals surface area contributed by atoms with Crippen LogP contribution in [-0.4, -0.2) is 80.7 Å². The number of carbonyl (C=O) groups is 2. The lowest BCUT2D eigenvalue weighted by Gasteiger charge is -2.34. The Bertz CT molecular complexity index is 808. The highest BCUT2D eigenvalue weighted by molar-refractivity contribution is 5.94. The SMILES string of the molecule is CC.O=C(c1cnn(C(=O)N2CCN(Cc3ccccn3)CC2)c1)N1CCCCC1. The molecule has 0 saturated carbocycles. The van der Waals surface area contributed by atoms with E-state index >= 15 is 0 Å². The van der Waals surface area contributed by atoms with Gasteiger partial charge in [0.25, 0.3) is 5.91 Å². The van der Waals surface area contributed by atoms with E-state index in [4.69, 9.17) is 0 Å². The molecule has 0 aromatic carbocycles. The van der Waals surface area contributed by atoms with Gasteiger partial charge in [-0.05, 0) is 31.4 Å². The van der Waals surface area contributed by atoms with E-state index in [-0.39, 0.29) is 11.9 Å². The van der Waals surface area contributed by atoms with E-state index in [1.165, 1.54) is 17.3 Å². The van der Waals surface area contributed by atoms with Crippen LogP contribution in [0.3, 0.4) is 0 Å². The largest absolute Gasteiger partial charge is 0.344 e. The number of hydrogen-bond donors (Lipinski definition) is 0. The first-order valence-electron chi connectivity index (χ1n) is 11.0. The molecule has 8 nitrogen and oxygen atoms in total. The van der Waals surface area contributed by atoms with Gasteiger partial charge in [0.2, 0.25) is 0 Å². The fourth-order valence-corrected chi connectivity index (χ4v) is 3.78. The number of piperidine rings is 1. The molecule has 2 saturated heterocycles. The molecule has 0 N–H and O–H groups in total. The van der Waals surface area contributed by atoms with Crippen LogP contribution in [0.25, 0.3) is 0 Å². The Morgan fingerprint density at radius 2 is 1.67 bits per heavy atom. The summed E-state index contributed by atoms with van der Waals surface area (Å²) in [6.07, 6.45) is 8.14. The number of rotatable bonds is 3. The zero-order valence-electron chi connectivity index (χ0n) is 18.0. The maximum atomic E-state index is 12.7. The predicted molar refractivity (Wildman–Crippen MR) is 115 cm³/mol. The molecule has 2 aromatic heterocycles. The Kier molecular flexibility index (Phi) is 7.96. The van der Waals surface area contributed by atoms with Crippen LogP contribution < -0.4 is 0 Å². The fourth-order valence-electron chi connectivity index (χ4n) is 3.78. The van der Waals surface area contributed by atoms with Gasteiger partial charge in [0, 0.05) is 58.2 Å². The monoisotopic (exact) mass is 412 g/mol. The molecule has 162 valence electrons. The minimum atomic E-state index is -0.171. The first-order chi connectivity index (χ1) is 14.7. The van der Waals surface area contributed by atoms with Crippen LogP contribution in [0.1, 0.15) is 49.2 Å². The van der Waals surface area contributed by atoms with Gasteiger partial charge in [0.1, 0.15) is 0 Å². The van der Waals surface area contributed by atoms with Crippen molar-refractivity contribution in [3.8, 4) is 0 Å². The van der Waals surface area contributed by atoms with E-state index in [0.717, 1.165) is 51.3 Å². The Morgan fingerprint density at radius 1 is 0.933 bits per heavy atom. The molecule has 4 heterocycles. The minimum absolute atomic E-state index is 0.0288. The van der Waals surface area contributed by atoms with Gasteiger partial charge in [-0.15, -0.1) is 0 Å². The van der Waals surface area contributed by atoms with Gasteiger partial charge >= 0.3 is 6.03 Å². The van der Waals surface area contributed by atoms with E-state index in [1.54, 1.807) is 17.3 Å². The lowest BCUT2D eigenvalue weighted by molar-refractivity contribution is 0.0724. The highest BCUT2D eigenvalue weighted by Crippen LogP contribution is 2.13. The molecule has 30 heavy (non-hydrogen) atoms. The zero-order chi connectivity index (χ0) is 21.3. The summed E-state index contributed by atoms with van der Waals surface area (Å²) in [5, 5.41) is 4.15. The summed E-state index contributed by atoms with van der Waals surface area (Å²) in [6.45, 7) is 9.24. The molecule has 0 unspecified atom stereocenters. The van der Waals surface area contributed by atoms with Crippen molar-refractivity contribution in [2.45, 2.75) is 39.7 Å². The van der Waals surface area contributed by atoms with E-state index in [0.29, 0.717) is 18.7 Å². The van der Waals surface area contributed by atoms with Crippen molar-refractivity contribution in [3.05, 3.63) is 48.0 Å². The van der Waals surface area contributed by atoms with Crippen molar-refractivity contribution in [2.24, 2.45) is 0 Å². The van der Waals surface area contributed by atoms with Gasteiger partial charge in [0.15, 0.2) is 0 Å². The molecule has 2 aliphatic heterocycles. The van der Waals surface area contributed by atoms with Crippen LogP contribution in [0.15, 0.2) is 36.8 Å². The van der Waals surface area contributed by atoms with Crippen LogP contribution in [-0.2, 0) is 6.54 Å². The molecule has 0 radical (unpaired) electrons. The van der Waals surface area contributed by atoms with Gasteiger partial charge in [-0.1, -0.05) is 19.9 Å². The number of piperazine rings is 1. The van der Waals surface area contributed by atoms with Gasteiger partial charge in [-0.2, -0.15) is 9.78 Å². The molecule has 0 spiro atoms. The number of nitrogens with zero attached hydrogens (tertiary/aromatic N) is 6. The lowest BCUT2D eigenvalue weighted by atomic mass is 10.1. The second-order valence-electron chi connectivity index (χ2n) is 7.39. The normalized spacial score (nSPS) is 17.3. The van der Waals surface area contributed by atoms with Crippen LogP contribution in [0.2, 0.25) is 0 Å². The summed E-state index contributed by atoms with van der Waals surface area (Å²) < 4.78 is 1.30. The molecule has 0 bridgehead atoms. The average molecular weight is 413 g/mol. The third kappa shape index (κ3) is 5.44. The highest BCUT2D eigenvalue weighted by atomic mass is 16.2. The van der Waals surface area contributed by atoms with Gasteiger partial charge in [-0.25, -0.2) is 4.79 Å². The average Bonchev–Trinajstić information content (AvgIpc) is 3.31. The van der Waals surface area contributed by atoms with E-state index in [2.05, 4.69) is 15.0 Å². The second kappa shape index (κ2) is 10.9. The summed E-state index contributed by atoms with van der Waals surface area (Å²) in [5.74, 6) is -0.0288. The second-order valence-corrected chi connectivity index (χ2v) is 7.39. The standard InChI is InChI=1S/C20H26N6O2.C2H6/c27-19(24-8-4-1-5-9-24)17-14-22-26(15-17)20(28)25-12-10-23(11-13-25)16-18-6-2-3-7-21-18;1-2/h2-3,6-7,14-15H,1,4-5,8-13,16H2;1-2H3. The van der Waals surface area contributed by atoms with Crippen LogP contribution in [0.5, 0.6) is 0 Å². The van der Waals surface area contributed by atoms with Crippen LogP contribution in [0, 0.1) is 0 Å². The van der Waals surface area contributed by atoms with Gasteiger partial charge in [-0.3, -0.25) is 14.7 Å². The van der Waals surface area contributed by atoms with Crippen LogP contribution in [0.4, 0.5) is 4.79 Å². The molecule has 2 aromatic rings. The molecule has 0 atom stereocenters. The number of aromatic nitrogens is 3. The quantitative estimate of drug-likeness (QED) is 0.775. The van der Waals surface area contributed by atoms with Crippen molar-refractivity contribution in [2.75, 3.05) is 39.3 Å². The number of amides is 2. The molecule has 8 heteroatoms. The van der Waals surface area contributed by atoms with Gasteiger partial charge < -0.3 is 9.80 Å². The number of likely N-dealkylation sites (tertiary alicyclic amines) is 1. The van der Waals surface area contributed by atoms with Gasteiger partial charge in [0.05, 0.1) is 17.5 Å². The zero-order valence-corrected chi connectivity index (χ0v) is 18.0. The fraction of sp³-hybridized carbons (Fsp3) is 0.545. The summed E-state index contributed by atoms with van der Waals surface area (Å²) >= 11 is 0. The molecular formula is C22H32N6O2. The first-order valence-corrected chi connectivity index (χ1v) is 11.0. The van der Waals surface area contributed by atoms with Crippen molar-refractivity contribution in [1.82, 2.24) is 29.5 Å². The highest BCUT2D eigenvalue weighted by Gasteiger charge is 2.25.